The van der Waals surface area contributed by atoms with Crippen LogP contribution in [-0.2, 0) is 0 Å². The highest BCUT2D eigenvalue weighted by Crippen LogP contribution is 2.46. The molecule has 478 valence electrons. The van der Waals surface area contributed by atoms with E-state index in [4.69, 9.17) is 5.73 Å². The number of nitroso groups, excluding NO2 is 1. The van der Waals surface area contributed by atoms with Gasteiger partial charge in [0.2, 0.25) is 0 Å². The standard InChI is InChI=1S/2C19H16N4O.C19H14N4.C19H17N3.2CH4.H2O/c1-22(2)13-6-9-18-17(10-13)16-8-7-14-12(11-20)4-3-5-15(14)19(16)21-23(18)24;1-23(2)15-7-3-5-13(11-15)17-10-9-16-14(12-20)6-4-8-18(16)19(17)21-22-24;1-23(2)13-6-9-18-17(10-13)16-8-7-14-12(11-20)4-3-5-15(14)19(16)22-21-18;1-22(2)15-7-3-5-13(11-15)17-10-9-16-14(12-20)6-4-8-18(16)19(17)21;;;/h3-10,21,24H,1-2H3;3-11H,1-2H3,(H,21,24);3-10H,1-2H3;3-11H,21H2,1-2H3;2*1H4;1H2. The van der Waals surface area contributed by atoms with E-state index in [2.05, 4.69) is 90.7 Å². The summed E-state index contributed by atoms with van der Waals surface area (Å²) in [4.78, 5) is 19.1. The quantitative estimate of drug-likeness (QED) is 0.0477. The van der Waals surface area contributed by atoms with Crippen LogP contribution in [0.2, 0.25) is 0 Å². The largest absolute Gasteiger partial charge is 0.412 e. The van der Waals surface area contributed by atoms with E-state index < -0.39 is 0 Å². The Hall–Kier alpha value is -12.8. The van der Waals surface area contributed by atoms with E-state index in [9.17, 15) is 31.2 Å². The van der Waals surface area contributed by atoms with Crippen LogP contribution in [0.1, 0.15) is 37.1 Å². The van der Waals surface area contributed by atoms with Crippen LogP contribution in [0.3, 0.4) is 0 Å². The summed E-state index contributed by atoms with van der Waals surface area (Å²) in [6.45, 7) is 0. The molecule has 18 nitrogen and oxygen atoms in total. The van der Waals surface area contributed by atoms with E-state index in [1.165, 1.54) is 0 Å². The minimum absolute atomic E-state index is 0. The first-order valence-corrected chi connectivity index (χ1v) is 29.6. The Morgan fingerprint density at radius 2 is 0.854 bits per heavy atom. The number of nitrogens with zero attached hydrogens (tertiary/aromatic N) is 12. The molecule has 0 radical (unpaired) electrons. The molecule has 1 aromatic heterocycles. The Kier molecular flexibility index (Phi) is 21.3. The van der Waals surface area contributed by atoms with Crippen LogP contribution < -0.4 is 41.4 Å². The predicted molar refractivity (Wildman–Crippen MR) is 398 cm³/mol. The lowest BCUT2D eigenvalue weighted by atomic mass is 9.94. The van der Waals surface area contributed by atoms with Gasteiger partial charge in [-0.05, 0) is 96.1 Å². The maximum Gasteiger partial charge on any atom is 0.101 e. The van der Waals surface area contributed by atoms with Gasteiger partial charge in [-0.25, -0.2) is 5.43 Å². The molecule has 0 aliphatic carbocycles. The van der Waals surface area contributed by atoms with Gasteiger partial charge >= 0.3 is 0 Å². The van der Waals surface area contributed by atoms with Crippen molar-refractivity contribution < 1.29 is 10.7 Å². The Labute approximate surface area is 558 Å². The maximum atomic E-state index is 10.9. The van der Waals surface area contributed by atoms with Gasteiger partial charge in [-0.3, -0.25) is 10.6 Å². The zero-order valence-corrected chi connectivity index (χ0v) is 52.9. The highest BCUT2D eigenvalue weighted by Gasteiger charge is 2.24. The highest BCUT2D eigenvalue weighted by atomic mass is 16.5. The average Bonchev–Trinajstić information content (AvgIpc) is 0.751. The number of nitrogen functional groups attached to an aromatic ring is 1. The summed E-state index contributed by atoms with van der Waals surface area (Å²) in [5.41, 5.74) is 29.2. The van der Waals surface area contributed by atoms with Gasteiger partial charge in [0.1, 0.15) is 5.52 Å². The molecule has 1 aliphatic rings. The van der Waals surface area contributed by atoms with Gasteiger partial charge in [-0.15, -0.1) is 15.1 Å². The molecule has 12 aromatic carbocycles. The lowest BCUT2D eigenvalue weighted by Gasteiger charge is -2.30. The number of hydrazine groups is 1. The lowest BCUT2D eigenvalue weighted by molar-refractivity contribution is 0.277. The molecule has 18 heteroatoms. The number of anilines is 8. The van der Waals surface area contributed by atoms with Gasteiger partial charge in [-0.2, -0.15) is 26.2 Å². The Morgan fingerprint density at radius 3 is 1.41 bits per heavy atom. The van der Waals surface area contributed by atoms with Crippen molar-refractivity contribution in [2.45, 2.75) is 14.9 Å². The third kappa shape index (κ3) is 13.4. The number of benzene rings is 12. The minimum atomic E-state index is 0. The Bertz CT molecular complexity index is 5270. The molecule has 0 atom stereocenters. The molecule has 0 saturated carbocycles. The van der Waals surface area contributed by atoms with Gasteiger partial charge < -0.3 is 30.8 Å². The highest BCUT2D eigenvalue weighted by molar-refractivity contribution is 6.15. The number of aromatic nitrogens is 2. The summed E-state index contributed by atoms with van der Waals surface area (Å²) >= 11 is 0. The second-order valence-electron chi connectivity index (χ2n) is 22.9. The first kappa shape index (κ1) is 69.1. The summed E-state index contributed by atoms with van der Waals surface area (Å²) in [5, 5.41) is 69.3. The van der Waals surface area contributed by atoms with Crippen molar-refractivity contribution in [1.82, 2.24) is 10.2 Å². The molecule has 0 saturated heterocycles. The molecule has 0 amide bonds. The van der Waals surface area contributed by atoms with Gasteiger partial charge in [0, 0.05) is 161 Å². The molecule has 0 bridgehead atoms. The Morgan fingerprint density at radius 1 is 0.438 bits per heavy atom. The maximum absolute atomic E-state index is 10.9. The van der Waals surface area contributed by atoms with E-state index >= 15 is 0 Å². The second kappa shape index (κ2) is 29.6. The van der Waals surface area contributed by atoms with E-state index in [-0.39, 0.29) is 20.3 Å². The van der Waals surface area contributed by atoms with E-state index in [0.717, 1.165) is 132 Å². The van der Waals surface area contributed by atoms with Crippen molar-refractivity contribution in [3.8, 4) is 57.7 Å². The second-order valence-corrected chi connectivity index (χ2v) is 22.9. The minimum Gasteiger partial charge on any atom is -0.412 e. The van der Waals surface area contributed by atoms with Crippen LogP contribution in [0.25, 0.3) is 98.3 Å². The van der Waals surface area contributed by atoms with Crippen molar-refractivity contribution in [3.63, 3.8) is 0 Å². The molecule has 13 aromatic rings. The van der Waals surface area contributed by atoms with Crippen LogP contribution in [0.15, 0.2) is 212 Å². The van der Waals surface area contributed by atoms with Crippen molar-refractivity contribution in [2.75, 3.05) is 97.7 Å². The monoisotopic (exact) mass is 1270 g/mol. The van der Waals surface area contributed by atoms with Crippen molar-refractivity contribution >= 4 is 110 Å². The van der Waals surface area contributed by atoms with Crippen molar-refractivity contribution in [1.29, 1.82) is 21.0 Å². The fraction of sp³-hybridized carbons (Fsp3) is 0.128. The van der Waals surface area contributed by atoms with E-state index in [1.807, 2.05) is 224 Å². The zero-order valence-electron chi connectivity index (χ0n) is 52.9. The summed E-state index contributed by atoms with van der Waals surface area (Å²) < 4.78 is 0. The molecular formula is C78H73N15O3. The first-order valence-electron chi connectivity index (χ1n) is 29.6. The van der Waals surface area contributed by atoms with Crippen molar-refractivity contribution in [2.24, 2.45) is 5.29 Å². The number of nitrogens with one attached hydrogen (secondary N) is 2. The number of rotatable bonds is 8. The van der Waals surface area contributed by atoms with Crippen LogP contribution in [0.4, 0.5) is 45.5 Å². The molecule has 14 rings (SSSR count). The number of nitriles is 4. The van der Waals surface area contributed by atoms with Gasteiger partial charge in [0.15, 0.2) is 0 Å². The van der Waals surface area contributed by atoms with Gasteiger partial charge in [0.25, 0.3) is 0 Å². The summed E-state index contributed by atoms with van der Waals surface area (Å²) in [6, 6.07) is 75.4. The first-order chi connectivity index (χ1) is 45.0. The fourth-order valence-corrected chi connectivity index (χ4v) is 11.6. The fourth-order valence-electron chi connectivity index (χ4n) is 11.6. The molecular weight excluding hydrogens is 1190 g/mol. The van der Waals surface area contributed by atoms with E-state index in [0.29, 0.717) is 39.3 Å². The third-order valence-corrected chi connectivity index (χ3v) is 16.5. The molecule has 1 aliphatic heterocycles. The predicted octanol–water partition coefficient (Wildman–Crippen LogP) is 16.9. The summed E-state index contributed by atoms with van der Waals surface area (Å²) in [7, 11) is 16.0. The zero-order chi connectivity index (χ0) is 65.6. The van der Waals surface area contributed by atoms with Gasteiger partial charge in [-0.1, -0.05) is 136 Å². The number of nitrogens with two attached hydrogens (primary N) is 1. The van der Waals surface area contributed by atoms with E-state index in [1.54, 1.807) is 18.2 Å². The number of fused-ring (bicyclic) bond motifs is 12. The van der Waals surface area contributed by atoms with Crippen LogP contribution in [0, 0.1) is 50.2 Å². The summed E-state index contributed by atoms with van der Waals surface area (Å²) in [5.74, 6) is 0. The number of hydrogen-bond donors (Lipinski definition) is 4. The SMILES string of the molecule is C.C.CN(C)c1ccc2c(c1)-c1ccc3c(C#N)cccc3c1NN2O.CN(C)c1ccc2nnc3c4cccc(C#N)c4ccc3c2c1.CN(C)c1cccc(-c2ccc3c(C#N)cccc3c2N)c1.CN(C)c1cccc(-c2ccc3c(C#N)cccc3c2NN=O)c1.O. The topological polar surface area (TPSA) is 268 Å². The molecule has 0 spiro atoms. The Balaban J connectivity index is 0.000000162. The average molecular weight is 1270 g/mol. The van der Waals surface area contributed by atoms with Crippen LogP contribution in [0.5, 0.6) is 0 Å². The van der Waals surface area contributed by atoms with Gasteiger partial charge in [0.05, 0.1) is 74.4 Å². The number of hydrogen-bond acceptors (Lipinski definition) is 16. The van der Waals surface area contributed by atoms with Crippen LogP contribution >= 0.6 is 0 Å². The molecule has 96 heavy (non-hydrogen) atoms. The summed E-state index contributed by atoms with van der Waals surface area (Å²) in [6.07, 6.45) is 0. The normalized spacial score (nSPS) is 10.6. The molecule has 0 unspecified atom stereocenters. The van der Waals surface area contributed by atoms with Crippen LogP contribution in [-0.4, -0.2) is 77.3 Å². The molecule has 7 N–H and O–H groups in total. The smallest absolute Gasteiger partial charge is 0.101 e. The molecule has 2 heterocycles. The van der Waals surface area contributed by atoms with Crippen molar-refractivity contribution in [3.05, 3.63) is 233 Å². The third-order valence-electron chi connectivity index (χ3n) is 16.5. The molecule has 0 fully saturated rings. The lowest BCUT2D eigenvalue weighted by Crippen LogP contribution is -2.29.